The second-order valence-electron chi connectivity index (χ2n) is 4.95. The highest BCUT2D eigenvalue weighted by molar-refractivity contribution is 14.0. The summed E-state index contributed by atoms with van der Waals surface area (Å²) in [4.78, 5) is 4.48. The van der Waals surface area contributed by atoms with Gasteiger partial charge in [0.1, 0.15) is 0 Å². The lowest BCUT2D eigenvalue weighted by atomic mass is 10.2. The fourth-order valence-corrected chi connectivity index (χ4v) is 2.84. The number of halogens is 1. The summed E-state index contributed by atoms with van der Waals surface area (Å²) in [5, 5.41) is 6.57. The van der Waals surface area contributed by atoms with Crippen LogP contribution in [0.3, 0.4) is 0 Å². The predicted molar refractivity (Wildman–Crippen MR) is 101 cm³/mol. The van der Waals surface area contributed by atoms with Gasteiger partial charge < -0.3 is 10.6 Å². The SMILES string of the molecule is CCNC(=NCCS(=O)Cc1ccccc1)NC1CC1.I. The fraction of sp³-hybridized carbons (Fsp3) is 0.533. The normalized spacial score (nSPS) is 16.0. The number of benzene rings is 1. The first-order valence-corrected chi connectivity index (χ1v) is 8.70. The van der Waals surface area contributed by atoms with E-state index in [2.05, 4.69) is 22.5 Å². The van der Waals surface area contributed by atoms with Crippen LogP contribution in [-0.2, 0) is 16.6 Å². The third kappa shape index (κ3) is 7.80. The van der Waals surface area contributed by atoms with Gasteiger partial charge in [-0.3, -0.25) is 9.20 Å². The van der Waals surface area contributed by atoms with E-state index in [4.69, 9.17) is 0 Å². The Kier molecular flexibility index (Phi) is 8.91. The van der Waals surface area contributed by atoms with Crippen LogP contribution in [0.1, 0.15) is 25.3 Å². The second-order valence-corrected chi connectivity index (χ2v) is 6.53. The van der Waals surface area contributed by atoms with E-state index in [1.165, 1.54) is 12.8 Å². The van der Waals surface area contributed by atoms with E-state index in [0.29, 0.717) is 24.1 Å². The summed E-state index contributed by atoms with van der Waals surface area (Å²) in [6.45, 7) is 3.50. The van der Waals surface area contributed by atoms with Crippen molar-refractivity contribution in [2.24, 2.45) is 4.99 Å². The van der Waals surface area contributed by atoms with E-state index < -0.39 is 10.8 Å². The highest BCUT2D eigenvalue weighted by atomic mass is 127. The minimum atomic E-state index is -0.851. The number of hydrogen-bond acceptors (Lipinski definition) is 2. The molecule has 1 fully saturated rings. The molecule has 0 spiro atoms. The summed E-state index contributed by atoms with van der Waals surface area (Å²) in [6, 6.07) is 10.5. The van der Waals surface area contributed by atoms with Gasteiger partial charge in [0.15, 0.2) is 5.96 Å². The first-order valence-electron chi connectivity index (χ1n) is 7.21. The van der Waals surface area contributed by atoms with Gasteiger partial charge in [0.2, 0.25) is 0 Å². The third-order valence-electron chi connectivity index (χ3n) is 3.02. The number of hydrogen-bond donors (Lipinski definition) is 2. The molecular weight excluding hydrogens is 397 g/mol. The zero-order valence-corrected chi connectivity index (χ0v) is 15.5. The minimum Gasteiger partial charge on any atom is -0.357 e. The van der Waals surface area contributed by atoms with Crippen molar-refractivity contribution in [2.45, 2.75) is 31.6 Å². The summed E-state index contributed by atoms with van der Waals surface area (Å²) in [5.74, 6) is 2.07. The number of rotatable bonds is 7. The molecule has 0 amide bonds. The van der Waals surface area contributed by atoms with Crippen molar-refractivity contribution in [1.29, 1.82) is 0 Å². The Bertz CT molecular complexity index is 463. The van der Waals surface area contributed by atoms with Gasteiger partial charge in [-0.15, -0.1) is 24.0 Å². The second kappa shape index (κ2) is 10.2. The van der Waals surface area contributed by atoms with Crippen molar-refractivity contribution in [2.75, 3.05) is 18.8 Å². The monoisotopic (exact) mass is 421 g/mol. The Morgan fingerprint density at radius 3 is 2.67 bits per heavy atom. The van der Waals surface area contributed by atoms with Crippen molar-refractivity contribution >= 4 is 40.7 Å². The van der Waals surface area contributed by atoms with Crippen molar-refractivity contribution in [3.8, 4) is 0 Å². The van der Waals surface area contributed by atoms with Gasteiger partial charge in [-0.05, 0) is 25.3 Å². The molecule has 1 aliphatic rings. The molecule has 0 bridgehead atoms. The molecule has 1 atom stereocenters. The number of guanidine groups is 1. The average molecular weight is 421 g/mol. The highest BCUT2D eigenvalue weighted by Gasteiger charge is 2.21. The standard InChI is InChI=1S/C15H23N3OS.HI/c1-2-16-15(18-14-8-9-14)17-10-11-20(19)12-13-6-4-3-5-7-13;/h3-7,14H,2,8-12H2,1H3,(H2,16,17,18);1H. The molecule has 4 nitrogen and oxygen atoms in total. The molecule has 6 heteroatoms. The van der Waals surface area contributed by atoms with Crippen molar-refractivity contribution < 1.29 is 4.21 Å². The van der Waals surface area contributed by atoms with Crippen LogP contribution in [0.4, 0.5) is 0 Å². The van der Waals surface area contributed by atoms with Gasteiger partial charge in [-0.1, -0.05) is 30.3 Å². The smallest absolute Gasteiger partial charge is 0.191 e. The minimum absolute atomic E-state index is 0. The van der Waals surface area contributed by atoms with Gasteiger partial charge in [0, 0.05) is 34.9 Å². The van der Waals surface area contributed by atoms with Crippen LogP contribution in [0, 0.1) is 0 Å². The Morgan fingerprint density at radius 2 is 2.05 bits per heavy atom. The molecule has 2 N–H and O–H groups in total. The van der Waals surface area contributed by atoms with E-state index in [1.807, 2.05) is 30.3 Å². The Balaban J connectivity index is 0.00000220. The molecule has 1 saturated carbocycles. The zero-order chi connectivity index (χ0) is 14.2. The molecule has 118 valence electrons. The zero-order valence-electron chi connectivity index (χ0n) is 12.4. The van der Waals surface area contributed by atoms with E-state index in [1.54, 1.807) is 0 Å². The maximum absolute atomic E-state index is 12.0. The number of nitrogens with one attached hydrogen (secondary N) is 2. The fourth-order valence-electron chi connectivity index (χ4n) is 1.83. The average Bonchev–Trinajstić information content (AvgIpc) is 3.24. The lowest BCUT2D eigenvalue weighted by Crippen LogP contribution is -2.38. The summed E-state index contributed by atoms with van der Waals surface area (Å²) in [7, 11) is -0.851. The predicted octanol–water partition coefficient (Wildman–Crippen LogP) is 2.27. The molecule has 21 heavy (non-hydrogen) atoms. The largest absolute Gasteiger partial charge is 0.357 e. The van der Waals surface area contributed by atoms with Crippen LogP contribution in [0.25, 0.3) is 0 Å². The molecule has 1 unspecified atom stereocenters. The molecule has 1 aromatic carbocycles. The van der Waals surface area contributed by atoms with Crippen LogP contribution in [0.2, 0.25) is 0 Å². The van der Waals surface area contributed by atoms with Crippen LogP contribution < -0.4 is 10.6 Å². The number of aliphatic imine (C=N–C) groups is 1. The molecular formula is C15H24IN3OS. The topological polar surface area (TPSA) is 53.5 Å². The molecule has 1 aliphatic carbocycles. The summed E-state index contributed by atoms with van der Waals surface area (Å²) >= 11 is 0. The van der Waals surface area contributed by atoms with Crippen LogP contribution in [-0.4, -0.2) is 35.1 Å². The maximum atomic E-state index is 12.0. The quantitative estimate of drug-likeness (QED) is 0.404. The number of nitrogens with zero attached hydrogens (tertiary/aromatic N) is 1. The summed E-state index contributed by atoms with van der Waals surface area (Å²) in [6.07, 6.45) is 2.45. The Hall–Kier alpha value is -0.630. The first-order chi connectivity index (χ1) is 9.78. The highest BCUT2D eigenvalue weighted by Crippen LogP contribution is 2.18. The van der Waals surface area contributed by atoms with Crippen molar-refractivity contribution in [3.63, 3.8) is 0 Å². The first kappa shape index (κ1) is 18.4. The van der Waals surface area contributed by atoms with Gasteiger partial charge in [0.25, 0.3) is 0 Å². The van der Waals surface area contributed by atoms with E-state index in [0.717, 1.165) is 18.1 Å². The molecule has 1 aromatic rings. The van der Waals surface area contributed by atoms with Gasteiger partial charge in [0.05, 0.1) is 6.54 Å². The van der Waals surface area contributed by atoms with Crippen LogP contribution in [0.5, 0.6) is 0 Å². The molecule has 0 heterocycles. The van der Waals surface area contributed by atoms with Gasteiger partial charge in [-0.25, -0.2) is 0 Å². The van der Waals surface area contributed by atoms with Crippen molar-refractivity contribution in [3.05, 3.63) is 35.9 Å². The van der Waals surface area contributed by atoms with Gasteiger partial charge in [-0.2, -0.15) is 0 Å². The summed E-state index contributed by atoms with van der Waals surface area (Å²) in [5.41, 5.74) is 1.12. The molecule has 0 aromatic heterocycles. The maximum Gasteiger partial charge on any atom is 0.191 e. The molecule has 2 rings (SSSR count). The molecule has 0 aliphatic heterocycles. The Labute approximate surface area is 146 Å². The van der Waals surface area contributed by atoms with E-state index in [9.17, 15) is 4.21 Å². The third-order valence-corrected chi connectivity index (χ3v) is 4.31. The molecule has 0 radical (unpaired) electrons. The van der Waals surface area contributed by atoms with Crippen molar-refractivity contribution in [1.82, 2.24) is 10.6 Å². The van der Waals surface area contributed by atoms with E-state index >= 15 is 0 Å². The Morgan fingerprint density at radius 1 is 1.33 bits per heavy atom. The molecule has 0 saturated heterocycles. The van der Waals surface area contributed by atoms with Crippen LogP contribution >= 0.6 is 24.0 Å². The van der Waals surface area contributed by atoms with Crippen LogP contribution in [0.15, 0.2) is 35.3 Å². The van der Waals surface area contributed by atoms with E-state index in [-0.39, 0.29) is 24.0 Å². The summed E-state index contributed by atoms with van der Waals surface area (Å²) < 4.78 is 12.0. The lowest BCUT2D eigenvalue weighted by molar-refractivity contribution is 0.682. The lowest BCUT2D eigenvalue weighted by Gasteiger charge is -2.10. The van der Waals surface area contributed by atoms with Gasteiger partial charge >= 0.3 is 0 Å².